The summed E-state index contributed by atoms with van der Waals surface area (Å²) in [5.74, 6) is -1.87. The molecule has 144 valence electrons. The van der Waals surface area contributed by atoms with E-state index < -0.39 is 34.8 Å². The number of ether oxygens (including phenoxy) is 3. The predicted octanol–water partition coefficient (Wildman–Crippen LogP) is 4.14. The lowest BCUT2D eigenvalue weighted by atomic mass is 10.2. The molecular formula is C16H12F3NO7. The summed E-state index contributed by atoms with van der Waals surface area (Å²) in [5, 5.41) is 19.9. The summed E-state index contributed by atoms with van der Waals surface area (Å²) in [6.07, 6.45) is -6.07. The van der Waals surface area contributed by atoms with Gasteiger partial charge in [0.15, 0.2) is 6.10 Å². The maximum Gasteiger partial charge on any atom is 0.573 e. The zero-order chi connectivity index (χ0) is 20.2. The number of rotatable bonds is 7. The molecule has 1 unspecified atom stereocenters. The van der Waals surface area contributed by atoms with Gasteiger partial charge in [-0.2, -0.15) is 0 Å². The van der Waals surface area contributed by atoms with Crippen molar-refractivity contribution in [1.82, 2.24) is 0 Å². The van der Waals surface area contributed by atoms with Crippen molar-refractivity contribution in [3.8, 4) is 23.0 Å². The van der Waals surface area contributed by atoms with Crippen molar-refractivity contribution >= 4 is 11.7 Å². The summed E-state index contributed by atoms with van der Waals surface area (Å²) in [4.78, 5) is 20.9. The number of nitro benzene ring substituents is 1. The van der Waals surface area contributed by atoms with Crippen LogP contribution in [0.5, 0.6) is 23.0 Å². The summed E-state index contributed by atoms with van der Waals surface area (Å²) in [6.45, 7) is 1.33. The SMILES string of the molecule is CC(Oc1ccc(Oc2ccc(OC(F)(F)F)cc2[N+](=O)[O-])cc1)C(=O)O. The number of hydrogen-bond donors (Lipinski definition) is 1. The topological polar surface area (TPSA) is 108 Å². The van der Waals surface area contributed by atoms with E-state index in [1.165, 1.54) is 31.2 Å². The number of halogens is 3. The van der Waals surface area contributed by atoms with Crippen LogP contribution >= 0.6 is 0 Å². The molecule has 27 heavy (non-hydrogen) atoms. The third-order valence-corrected chi connectivity index (χ3v) is 3.07. The zero-order valence-electron chi connectivity index (χ0n) is 13.6. The Hall–Kier alpha value is -3.50. The Morgan fingerprint density at radius 3 is 2.19 bits per heavy atom. The van der Waals surface area contributed by atoms with Crippen LogP contribution in [0.25, 0.3) is 0 Å². The molecule has 2 aromatic rings. The molecule has 0 bridgehead atoms. The Balaban J connectivity index is 2.18. The zero-order valence-corrected chi connectivity index (χ0v) is 13.6. The summed E-state index contributed by atoms with van der Waals surface area (Å²) in [5.41, 5.74) is -0.725. The van der Waals surface area contributed by atoms with Crippen LogP contribution in [0.3, 0.4) is 0 Å². The first-order valence-electron chi connectivity index (χ1n) is 7.27. The van der Waals surface area contributed by atoms with Gasteiger partial charge in [-0.05, 0) is 43.3 Å². The van der Waals surface area contributed by atoms with E-state index in [1.54, 1.807) is 0 Å². The summed E-state index contributed by atoms with van der Waals surface area (Å²) in [6, 6.07) is 7.90. The minimum atomic E-state index is -4.99. The van der Waals surface area contributed by atoms with Crippen LogP contribution in [0.2, 0.25) is 0 Å². The average molecular weight is 387 g/mol. The van der Waals surface area contributed by atoms with Gasteiger partial charge >= 0.3 is 18.0 Å². The number of carboxylic acid groups (broad SMARTS) is 1. The molecule has 0 aromatic heterocycles. The molecule has 1 atom stereocenters. The number of aliphatic carboxylic acids is 1. The summed E-state index contributed by atoms with van der Waals surface area (Å²) >= 11 is 0. The van der Waals surface area contributed by atoms with Crippen molar-refractivity contribution < 1.29 is 42.2 Å². The lowest BCUT2D eigenvalue weighted by Crippen LogP contribution is -2.22. The molecule has 11 heteroatoms. The fourth-order valence-corrected chi connectivity index (χ4v) is 1.89. The molecular weight excluding hydrogens is 375 g/mol. The molecule has 2 rings (SSSR count). The molecule has 0 aliphatic heterocycles. The van der Waals surface area contributed by atoms with Crippen LogP contribution in [-0.4, -0.2) is 28.5 Å². The smallest absolute Gasteiger partial charge is 0.479 e. The van der Waals surface area contributed by atoms with Gasteiger partial charge in [-0.25, -0.2) is 4.79 Å². The van der Waals surface area contributed by atoms with Gasteiger partial charge in [0.2, 0.25) is 5.75 Å². The molecule has 0 saturated heterocycles. The van der Waals surface area contributed by atoms with Crippen molar-refractivity contribution in [3.63, 3.8) is 0 Å². The highest BCUT2D eigenvalue weighted by atomic mass is 19.4. The van der Waals surface area contributed by atoms with Crippen LogP contribution in [0.4, 0.5) is 18.9 Å². The van der Waals surface area contributed by atoms with Gasteiger partial charge in [-0.1, -0.05) is 0 Å². The van der Waals surface area contributed by atoms with Crippen LogP contribution in [0, 0.1) is 10.1 Å². The average Bonchev–Trinajstić information content (AvgIpc) is 2.56. The molecule has 0 saturated carbocycles. The fourth-order valence-electron chi connectivity index (χ4n) is 1.89. The third kappa shape index (κ3) is 5.76. The number of carboxylic acids is 1. The van der Waals surface area contributed by atoms with Gasteiger partial charge in [0.25, 0.3) is 0 Å². The van der Waals surface area contributed by atoms with E-state index >= 15 is 0 Å². The molecule has 0 heterocycles. The van der Waals surface area contributed by atoms with Gasteiger partial charge in [-0.15, -0.1) is 13.2 Å². The minimum Gasteiger partial charge on any atom is -0.479 e. The molecule has 0 aliphatic carbocycles. The molecule has 1 N–H and O–H groups in total. The second kappa shape index (κ2) is 7.81. The number of carbonyl (C=O) groups is 1. The first kappa shape index (κ1) is 19.8. The number of nitrogens with zero attached hydrogens (tertiary/aromatic N) is 1. The van der Waals surface area contributed by atoms with E-state index in [0.29, 0.717) is 6.07 Å². The van der Waals surface area contributed by atoms with E-state index in [9.17, 15) is 28.1 Å². The van der Waals surface area contributed by atoms with Crippen molar-refractivity contribution in [2.24, 2.45) is 0 Å². The fraction of sp³-hybridized carbons (Fsp3) is 0.188. The third-order valence-electron chi connectivity index (χ3n) is 3.07. The molecule has 0 spiro atoms. The monoisotopic (exact) mass is 387 g/mol. The van der Waals surface area contributed by atoms with Gasteiger partial charge in [-0.3, -0.25) is 10.1 Å². The Kier molecular flexibility index (Phi) is 5.73. The van der Waals surface area contributed by atoms with Gasteiger partial charge < -0.3 is 19.3 Å². The van der Waals surface area contributed by atoms with Crippen LogP contribution in [0.1, 0.15) is 6.92 Å². The lowest BCUT2D eigenvalue weighted by molar-refractivity contribution is -0.385. The molecule has 0 aliphatic rings. The van der Waals surface area contributed by atoms with Crippen LogP contribution in [-0.2, 0) is 4.79 Å². The largest absolute Gasteiger partial charge is 0.573 e. The maximum atomic E-state index is 12.2. The Labute approximate surface area is 149 Å². The number of alkyl halides is 3. The van der Waals surface area contributed by atoms with Gasteiger partial charge in [0.05, 0.1) is 11.0 Å². The molecule has 2 aromatic carbocycles. The highest BCUT2D eigenvalue weighted by molar-refractivity contribution is 5.72. The molecule has 8 nitrogen and oxygen atoms in total. The highest BCUT2D eigenvalue weighted by Crippen LogP contribution is 2.36. The summed E-state index contributed by atoms with van der Waals surface area (Å²) < 4.78 is 50.8. The Bertz CT molecular complexity index is 837. The van der Waals surface area contributed by atoms with Crippen molar-refractivity contribution in [2.45, 2.75) is 19.4 Å². The number of nitro groups is 1. The van der Waals surface area contributed by atoms with Crippen molar-refractivity contribution in [1.29, 1.82) is 0 Å². The van der Waals surface area contributed by atoms with E-state index in [2.05, 4.69) is 4.74 Å². The van der Waals surface area contributed by atoms with Crippen molar-refractivity contribution in [3.05, 3.63) is 52.6 Å². The van der Waals surface area contributed by atoms with E-state index in [-0.39, 0.29) is 17.2 Å². The second-order valence-electron chi connectivity index (χ2n) is 5.11. The maximum absolute atomic E-state index is 12.2. The Morgan fingerprint density at radius 2 is 1.67 bits per heavy atom. The van der Waals surface area contributed by atoms with E-state index in [1.807, 2.05) is 0 Å². The summed E-state index contributed by atoms with van der Waals surface area (Å²) in [7, 11) is 0. The predicted molar refractivity (Wildman–Crippen MR) is 84.0 cm³/mol. The van der Waals surface area contributed by atoms with Crippen LogP contribution < -0.4 is 14.2 Å². The minimum absolute atomic E-state index is 0.123. The standard InChI is InChI=1S/C16H12F3NO7/c1-9(15(21)22)25-10-2-4-11(5-3-10)26-14-7-6-12(27-16(17,18)19)8-13(14)20(23)24/h2-9H,1H3,(H,21,22). The highest BCUT2D eigenvalue weighted by Gasteiger charge is 2.32. The van der Waals surface area contributed by atoms with E-state index in [4.69, 9.17) is 14.6 Å². The lowest BCUT2D eigenvalue weighted by Gasteiger charge is -2.12. The number of benzene rings is 2. The van der Waals surface area contributed by atoms with Gasteiger partial charge in [0, 0.05) is 0 Å². The number of hydrogen-bond acceptors (Lipinski definition) is 6. The second-order valence-corrected chi connectivity index (χ2v) is 5.11. The Morgan fingerprint density at radius 1 is 1.11 bits per heavy atom. The van der Waals surface area contributed by atoms with Crippen molar-refractivity contribution in [2.75, 3.05) is 0 Å². The quantitative estimate of drug-likeness (QED) is 0.562. The van der Waals surface area contributed by atoms with Crippen LogP contribution in [0.15, 0.2) is 42.5 Å². The molecule has 0 amide bonds. The first-order valence-corrected chi connectivity index (χ1v) is 7.27. The van der Waals surface area contributed by atoms with E-state index in [0.717, 1.165) is 12.1 Å². The van der Waals surface area contributed by atoms with Gasteiger partial charge in [0.1, 0.15) is 17.2 Å². The normalized spacial score (nSPS) is 12.1. The molecule has 0 fully saturated rings. The first-order chi connectivity index (χ1) is 12.5. The molecule has 0 radical (unpaired) electrons.